The van der Waals surface area contributed by atoms with Crippen molar-refractivity contribution in [2.75, 3.05) is 0 Å². The number of sulfone groups is 1. The van der Waals surface area contributed by atoms with Gasteiger partial charge in [0.05, 0.1) is 15.6 Å². The van der Waals surface area contributed by atoms with Gasteiger partial charge in [-0.15, -0.1) is 0 Å². The predicted molar refractivity (Wildman–Crippen MR) is 93.7 cm³/mol. The lowest BCUT2D eigenvalue weighted by Crippen LogP contribution is -2.25. The number of nitriles is 1. The Kier molecular flexibility index (Phi) is 5.49. The molecule has 164 valence electrons. The van der Waals surface area contributed by atoms with Gasteiger partial charge in [-0.3, -0.25) is 0 Å². The third kappa shape index (κ3) is 3.84. The molecular formula is C15H5Cl2F6N5O2S. The highest BCUT2D eigenvalue weighted by atomic mass is 35.5. The van der Waals surface area contributed by atoms with Crippen molar-refractivity contribution in [3.8, 4) is 17.6 Å². The van der Waals surface area contributed by atoms with Crippen molar-refractivity contribution in [1.29, 1.82) is 5.26 Å². The molecule has 0 fully saturated rings. The van der Waals surface area contributed by atoms with Crippen molar-refractivity contribution >= 4 is 33.0 Å². The molecule has 2 aromatic heterocycles. The molecule has 0 radical (unpaired) electrons. The van der Waals surface area contributed by atoms with Gasteiger partial charge in [0, 0.05) is 12.4 Å². The lowest BCUT2D eigenvalue weighted by molar-refractivity contribution is -0.137. The summed E-state index contributed by atoms with van der Waals surface area (Å²) >= 11 is 11.8. The normalized spacial score (nSPS) is 12.7. The molecule has 0 unspecified atom stereocenters. The van der Waals surface area contributed by atoms with Gasteiger partial charge in [0.15, 0.2) is 16.4 Å². The first-order valence-electron chi connectivity index (χ1n) is 7.61. The average Bonchev–Trinajstić information content (AvgIpc) is 3.26. The Hall–Kier alpha value is -2.76. The van der Waals surface area contributed by atoms with E-state index in [0.717, 1.165) is 12.4 Å². The minimum Gasteiger partial charge on any atom is -0.221 e. The van der Waals surface area contributed by atoms with Crippen molar-refractivity contribution in [3.63, 3.8) is 0 Å². The molecule has 7 nitrogen and oxygen atoms in total. The number of aromatic nitrogens is 4. The maximum absolute atomic E-state index is 13.3. The van der Waals surface area contributed by atoms with Gasteiger partial charge in [-0.1, -0.05) is 23.2 Å². The first-order chi connectivity index (χ1) is 14.2. The van der Waals surface area contributed by atoms with Crippen LogP contribution in [0.3, 0.4) is 0 Å². The van der Waals surface area contributed by atoms with Crippen LogP contribution in [-0.2, 0) is 16.0 Å². The van der Waals surface area contributed by atoms with Crippen LogP contribution in [0.25, 0.3) is 11.5 Å². The van der Waals surface area contributed by atoms with Gasteiger partial charge < -0.3 is 0 Å². The van der Waals surface area contributed by atoms with Gasteiger partial charge in [0.2, 0.25) is 0 Å². The zero-order valence-corrected chi connectivity index (χ0v) is 16.7. The van der Waals surface area contributed by atoms with E-state index in [4.69, 9.17) is 23.2 Å². The third-order valence-electron chi connectivity index (χ3n) is 3.78. The van der Waals surface area contributed by atoms with E-state index in [2.05, 4.69) is 10.2 Å². The van der Waals surface area contributed by atoms with Crippen LogP contribution in [0.1, 0.15) is 11.3 Å². The van der Waals surface area contributed by atoms with Crippen LogP contribution in [0.2, 0.25) is 10.0 Å². The summed E-state index contributed by atoms with van der Waals surface area (Å²) in [6, 6.07) is 3.27. The maximum atomic E-state index is 13.3. The minimum absolute atomic E-state index is 0.412. The predicted octanol–water partition coefficient (Wildman–Crippen LogP) is 4.55. The smallest absolute Gasteiger partial charge is 0.221 e. The van der Waals surface area contributed by atoms with Crippen molar-refractivity contribution < 1.29 is 34.8 Å². The number of benzene rings is 1. The molecular weight excluding hydrogens is 499 g/mol. The molecule has 0 aliphatic carbocycles. The van der Waals surface area contributed by atoms with Gasteiger partial charge in [0.1, 0.15) is 11.8 Å². The number of alkyl halides is 6. The summed E-state index contributed by atoms with van der Waals surface area (Å²) < 4.78 is 104. The first-order valence-corrected chi connectivity index (χ1v) is 9.85. The van der Waals surface area contributed by atoms with E-state index in [9.17, 15) is 40.0 Å². The van der Waals surface area contributed by atoms with Gasteiger partial charge in [0.25, 0.3) is 9.84 Å². The van der Waals surface area contributed by atoms with E-state index in [1.165, 1.54) is 12.1 Å². The summed E-state index contributed by atoms with van der Waals surface area (Å²) in [5, 5.41) is 14.9. The van der Waals surface area contributed by atoms with Crippen LogP contribution >= 0.6 is 23.2 Å². The third-order valence-corrected chi connectivity index (χ3v) is 5.87. The van der Waals surface area contributed by atoms with Crippen LogP contribution in [0, 0.1) is 11.3 Å². The summed E-state index contributed by atoms with van der Waals surface area (Å²) in [7, 11) is -6.15. The number of hydrogen-bond acceptors (Lipinski definition) is 5. The molecule has 0 amide bonds. The number of nitrogens with zero attached hydrogens (tertiary/aromatic N) is 5. The zero-order valence-electron chi connectivity index (χ0n) is 14.4. The van der Waals surface area contributed by atoms with E-state index >= 15 is 0 Å². The SMILES string of the molecule is N#Cc1nn(-c2c(Cl)cc(C(F)(F)F)cc2Cl)c(-n2cccn2)c1S(=O)(=O)C(F)(F)F. The molecule has 0 saturated heterocycles. The molecule has 0 N–H and O–H groups in total. The minimum atomic E-state index is -6.15. The van der Waals surface area contributed by atoms with Crippen LogP contribution in [0.15, 0.2) is 35.5 Å². The Morgan fingerprint density at radius 3 is 2.06 bits per heavy atom. The second-order valence-corrected chi connectivity index (χ2v) is 8.40. The Morgan fingerprint density at radius 2 is 1.65 bits per heavy atom. The second kappa shape index (κ2) is 7.43. The summed E-state index contributed by atoms with van der Waals surface area (Å²) in [5.41, 5.74) is -8.90. The van der Waals surface area contributed by atoms with E-state index in [1.54, 1.807) is 0 Å². The Balaban J connectivity index is 2.46. The lowest BCUT2D eigenvalue weighted by atomic mass is 10.2. The van der Waals surface area contributed by atoms with Crippen molar-refractivity contribution in [1.82, 2.24) is 19.6 Å². The molecule has 0 bridgehead atoms. The lowest BCUT2D eigenvalue weighted by Gasteiger charge is -2.15. The van der Waals surface area contributed by atoms with Crippen molar-refractivity contribution in [2.45, 2.75) is 16.6 Å². The van der Waals surface area contributed by atoms with E-state index in [-0.39, 0.29) is 0 Å². The molecule has 0 atom stereocenters. The fraction of sp³-hybridized carbons (Fsp3) is 0.133. The fourth-order valence-corrected chi connectivity index (χ4v) is 4.15. The molecule has 0 saturated carbocycles. The van der Waals surface area contributed by atoms with E-state index in [0.29, 0.717) is 21.5 Å². The van der Waals surface area contributed by atoms with E-state index < -0.39 is 59.2 Å². The number of rotatable bonds is 3. The van der Waals surface area contributed by atoms with Gasteiger partial charge >= 0.3 is 11.7 Å². The number of hydrogen-bond donors (Lipinski definition) is 0. The highest BCUT2D eigenvalue weighted by Crippen LogP contribution is 2.41. The molecule has 0 aliphatic rings. The summed E-state index contributed by atoms with van der Waals surface area (Å²) in [5.74, 6) is -0.928. The summed E-state index contributed by atoms with van der Waals surface area (Å²) in [6.45, 7) is 0. The molecule has 3 rings (SSSR count). The largest absolute Gasteiger partial charge is 0.502 e. The molecule has 31 heavy (non-hydrogen) atoms. The highest BCUT2D eigenvalue weighted by Gasteiger charge is 2.51. The van der Waals surface area contributed by atoms with Gasteiger partial charge in [-0.25, -0.2) is 17.8 Å². The van der Waals surface area contributed by atoms with Gasteiger partial charge in [-0.05, 0) is 18.2 Å². The topological polar surface area (TPSA) is 93.6 Å². The first kappa shape index (κ1) is 22.9. The molecule has 0 aliphatic heterocycles. The molecule has 3 aromatic rings. The average molecular weight is 504 g/mol. The summed E-state index contributed by atoms with van der Waals surface area (Å²) in [4.78, 5) is -1.57. The van der Waals surface area contributed by atoms with Crippen molar-refractivity contribution in [3.05, 3.63) is 51.9 Å². The van der Waals surface area contributed by atoms with Crippen LogP contribution in [0.5, 0.6) is 0 Å². The number of halogens is 8. The van der Waals surface area contributed by atoms with Gasteiger partial charge in [-0.2, -0.15) is 41.8 Å². The standard InChI is InChI=1S/C15H5Cl2F6N5O2S/c16-8-4-7(14(18,19)20)5-9(17)11(8)28-13(27-3-1-2-25-27)12(10(6-24)26-28)31(29,30)15(21,22)23/h1-5H. The summed E-state index contributed by atoms with van der Waals surface area (Å²) in [6.07, 6.45) is -2.76. The second-order valence-electron chi connectivity index (χ2n) is 5.71. The van der Waals surface area contributed by atoms with E-state index in [1.807, 2.05) is 0 Å². The van der Waals surface area contributed by atoms with Crippen molar-refractivity contribution in [2.24, 2.45) is 0 Å². The van der Waals surface area contributed by atoms with Crippen LogP contribution < -0.4 is 0 Å². The van der Waals surface area contributed by atoms with Crippen LogP contribution in [-0.4, -0.2) is 33.5 Å². The Morgan fingerprint density at radius 1 is 1.06 bits per heavy atom. The Labute approximate surface area is 178 Å². The maximum Gasteiger partial charge on any atom is 0.502 e. The molecule has 0 spiro atoms. The quantitative estimate of drug-likeness (QED) is 0.488. The fourth-order valence-electron chi connectivity index (χ4n) is 2.51. The molecule has 2 heterocycles. The van der Waals surface area contributed by atoms with Crippen LogP contribution in [0.4, 0.5) is 26.3 Å². The molecule has 1 aromatic carbocycles. The monoisotopic (exact) mass is 503 g/mol. The highest BCUT2D eigenvalue weighted by molar-refractivity contribution is 7.92. The molecule has 16 heteroatoms. The zero-order chi connectivity index (χ0) is 23.4. The Bertz CT molecular complexity index is 1280.